The first-order chi connectivity index (χ1) is 13.7. The Morgan fingerprint density at radius 1 is 1.17 bits per heavy atom. The topological polar surface area (TPSA) is 79.8 Å². The molecule has 2 aromatic rings. The zero-order valence-corrected chi connectivity index (χ0v) is 20.1. The maximum Gasteiger partial charge on any atom is 0.387 e. The Morgan fingerprint density at radius 3 is 2.47 bits per heavy atom. The highest BCUT2D eigenvalue weighted by atomic mass is 127. The second-order valence-corrected chi connectivity index (χ2v) is 8.39. The largest absolute Gasteiger partial charge is 0.434 e. The summed E-state index contributed by atoms with van der Waals surface area (Å²) in [5.41, 5.74) is 2.09. The van der Waals surface area contributed by atoms with Crippen LogP contribution in [-0.2, 0) is 22.9 Å². The van der Waals surface area contributed by atoms with Crippen molar-refractivity contribution in [2.24, 2.45) is 4.99 Å². The van der Waals surface area contributed by atoms with E-state index in [0.29, 0.717) is 35.1 Å². The molecule has 2 N–H and O–H groups in total. The number of benzene rings is 2. The summed E-state index contributed by atoms with van der Waals surface area (Å²) in [5, 5.41) is 6.18. The number of nitrogens with zero attached hydrogens (tertiary/aromatic N) is 1. The highest BCUT2D eigenvalue weighted by molar-refractivity contribution is 14.0. The van der Waals surface area contributed by atoms with Crippen molar-refractivity contribution in [2.75, 3.05) is 12.8 Å². The van der Waals surface area contributed by atoms with Crippen molar-refractivity contribution in [3.8, 4) is 5.75 Å². The number of aryl methyl sites for hydroxylation is 1. The van der Waals surface area contributed by atoms with E-state index < -0.39 is 16.4 Å². The van der Waals surface area contributed by atoms with E-state index in [4.69, 9.17) is 0 Å². The van der Waals surface area contributed by atoms with E-state index in [1.807, 2.05) is 6.92 Å². The van der Waals surface area contributed by atoms with Crippen LogP contribution in [0.4, 0.5) is 8.78 Å². The van der Waals surface area contributed by atoms with Crippen LogP contribution in [0.25, 0.3) is 0 Å². The molecule has 0 bridgehead atoms. The van der Waals surface area contributed by atoms with Gasteiger partial charge in [0.15, 0.2) is 15.8 Å². The highest BCUT2D eigenvalue weighted by Gasteiger charge is 2.11. The lowest BCUT2D eigenvalue weighted by Crippen LogP contribution is -2.36. The number of hydrogen-bond donors (Lipinski definition) is 2. The minimum atomic E-state index is -3.27. The molecule has 0 atom stereocenters. The highest BCUT2D eigenvalue weighted by Crippen LogP contribution is 2.20. The van der Waals surface area contributed by atoms with Crippen LogP contribution >= 0.6 is 24.0 Å². The normalized spacial score (nSPS) is 11.7. The molecular weight excluding hydrogens is 527 g/mol. The van der Waals surface area contributed by atoms with E-state index in [2.05, 4.69) is 20.4 Å². The Labute approximate surface area is 193 Å². The van der Waals surface area contributed by atoms with Gasteiger partial charge in [-0.25, -0.2) is 13.4 Å². The van der Waals surface area contributed by atoms with Crippen molar-refractivity contribution in [3.05, 3.63) is 59.2 Å². The third-order valence-corrected chi connectivity index (χ3v) is 5.29. The lowest BCUT2D eigenvalue weighted by Gasteiger charge is -2.14. The number of guanidine groups is 1. The van der Waals surface area contributed by atoms with Gasteiger partial charge in [-0.2, -0.15) is 8.78 Å². The van der Waals surface area contributed by atoms with Gasteiger partial charge in [0.05, 0.1) is 11.4 Å². The lowest BCUT2D eigenvalue weighted by atomic mass is 10.1. The van der Waals surface area contributed by atoms with Gasteiger partial charge in [0.25, 0.3) is 0 Å². The minimum absolute atomic E-state index is 0. The first-order valence-corrected chi connectivity index (χ1v) is 10.9. The molecule has 0 aromatic heterocycles. The first-order valence-electron chi connectivity index (χ1n) is 9.05. The molecule has 2 aromatic carbocycles. The Hall–Kier alpha value is -1.95. The molecule has 0 spiro atoms. The number of sulfone groups is 1. The number of nitrogens with one attached hydrogen (secondary N) is 2. The van der Waals surface area contributed by atoms with Crippen molar-refractivity contribution in [2.45, 2.75) is 38.4 Å². The van der Waals surface area contributed by atoms with Gasteiger partial charge in [-0.1, -0.05) is 30.3 Å². The SMILES string of the molecule is CCNC(=NCc1ccc(S(C)(=O)=O)c(C)c1)NCc1ccccc1OC(F)F.I. The van der Waals surface area contributed by atoms with Crippen LogP contribution in [0.5, 0.6) is 5.75 Å². The molecule has 0 unspecified atom stereocenters. The lowest BCUT2D eigenvalue weighted by molar-refractivity contribution is -0.0504. The molecule has 0 aliphatic rings. The molecule has 6 nitrogen and oxygen atoms in total. The Balaban J connectivity index is 0.00000450. The van der Waals surface area contributed by atoms with Crippen molar-refractivity contribution < 1.29 is 21.9 Å². The second-order valence-electron chi connectivity index (χ2n) is 6.41. The van der Waals surface area contributed by atoms with Gasteiger partial charge in [-0.05, 0) is 37.1 Å². The fourth-order valence-corrected chi connectivity index (χ4v) is 3.74. The Kier molecular flexibility index (Phi) is 10.5. The van der Waals surface area contributed by atoms with Crippen molar-refractivity contribution in [1.29, 1.82) is 0 Å². The standard InChI is InChI=1S/C20H25F2N3O3S.HI/c1-4-23-20(25-13-16-7-5-6-8-17(16)28-19(21)22)24-12-15-9-10-18(14(2)11-15)29(3,26)27;/h5-11,19H,4,12-13H2,1-3H3,(H2,23,24,25);1H. The zero-order chi connectivity index (χ0) is 21.4. The molecule has 0 amide bonds. The van der Waals surface area contributed by atoms with E-state index in [1.165, 1.54) is 12.3 Å². The summed E-state index contributed by atoms with van der Waals surface area (Å²) in [6, 6.07) is 11.6. The molecule has 0 radical (unpaired) electrons. The fourth-order valence-electron chi connectivity index (χ4n) is 2.78. The predicted molar refractivity (Wildman–Crippen MR) is 124 cm³/mol. The van der Waals surface area contributed by atoms with Crippen molar-refractivity contribution in [1.82, 2.24) is 10.6 Å². The monoisotopic (exact) mass is 553 g/mol. The van der Waals surface area contributed by atoms with Gasteiger partial charge >= 0.3 is 6.61 Å². The number of para-hydroxylation sites is 1. The molecule has 0 saturated heterocycles. The van der Waals surface area contributed by atoms with Crippen LogP contribution in [0.1, 0.15) is 23.6 Å². The van der Waals surface area contributed by atoms with Crippen LogP contribution in [0.2, 0.25) is 0 Å². The second kappa shape index (κ2) is 12.0. The smallest absolute Gasteiger partial charge is 0.387 e. The van der Waals surface area contributed by atoms with E-state index in [-0.39, 0.29) is 36.3 Å². The number of rotatable bonds is 8. The number of halogens is 3. The summed E-state index contributed by atoms with van der Waals surface area (Å²) in [4.78, 5) is 4.78. The summed E-state index contributed by atoms with van der Waals surface area (Å²) in [5.74, 6) is 0.613. The summed E-state index contributed by atoms with van der Waals surface area (Å²) >= 11 is 0. The van der Waals surface area contributed by atoms with Gasteiger partial charge in [0.2, 0.25) is 0 Å². The van der Waals surface area contributed by atoms with Gasteiger partial charge in [0.1, 0.15) is 5.75 Å². The maximum atomic E-state index is 12.5. The Morgan fingerprint density at radius 2 is 1.87 bits per heavy atom. The van der Waals surface area contributed by atoms with Crippen LogP contribution in [0.3, 0.4) is 0 Å². The summed E-state index contributed by atoms with van der Waals surface area (Å²) in [7, 11) is -3.27. The molecular formula is C20H26F2IN3O3S. The van der Waals surface area contributed by atoms with E-state index >= 15 is 0 Å². The summed E-state index contributed by atoms with van der Waals surface area (Å²) < 4.78 is 53.1. The van der Waals surface area contributed by atoms with Gasteiger partial charge in [-0.3, -0.25) is 0 Å². The first kappa shape index (κ1) is 26.1. The van der Waals surface area contributed by atoms with Gasteiger partial charge in [0, 0.05) is 24.9 Å². The fraction of sp³-hybridized carbons (Fsp3) is 0.350. The van der Waals surface area contributed by atoms with Crippen LogP contribution in [0, 0.1) is 6.92 Å². The minimum Gasteiger partial charge on any atom is -0.434 e. The molecule has 0 fully saturated rings. The molecule has 0 saturated carbocycles. The molecule has 10 heteroatoms. The van der Waals surface area contributed by atoms with Crippen LogP contribution in [0.15, 0.2) is 52.4 Å². The molecule has 166 valence electrons. The number of alkyl halides is 2. The summed E-state index contributed by atoms with van der Waals surface area (Å²) in [6.07, 6.45) is 1.18. The van der Waals surface area contributed by atoms with Gasteiger partial charge in [-0.15, -0.1) is 24.0 Å². The van der Waals surface area contributed by atoms with Crippen molar-refractivity contribution in [3.63, 3.8) is 0 Å². The van der Waals surface area contributed by atoms with Crippen LogP contribution < -0.4 is 15.4 Å². The van der Waals surface area contributed by atoms with E-state index in [9.17, 15) is 17.2 Å². The number of hydrogen-bond acceptors (Lipinski definition) is 4. The van der Waals surface area contributed by atoms with E-state index in [0.717, 1.165) is 5.56 Å². The number of ether oxygens (including phenoxy) is 1. The number of aliphatic imine (C=N–C) groups is 1. The molecule has 2 rings (SSSR count). The average Bonchev–Trinajstić information content (AvgIpc) is 2.63. The Bertz CT molecular complexity index is 970. The predicted octanol–water partition coefficient (Wildman–Crippen LogP) is 3.87. The van der Waals surface area contributed by atoms with E-state index in [1.54, 1.807) is 43.3 Å². The average molecular weight is 553 g/mol. The van der Waals surface area contributed by atoms with Gasteiger partial charge < -0.3 is 15.4 Å². The quantitative estimate of drug-likeness (QED) is 0.295. The summed E-state index contributed by atoms with van der Waals surface area (Å²) in [6.45, 7) is 1.96. The molecule has 30 heavy (non-hydrogen) atoms. The third kappa shape index (κ3) is 8.05. The molecule has 0 heterocycles. The molecule has 0 aliphatic heterocycles. The van der Waals surface area contributed by atoms with Crippen LogP contribution in [-0.4, -0.2) is 33.8 Å². The van der Waals surface area contributed by atoms with Crippen molar-refractivity contribution >= 4 is 39.8 Å². The molecule has 0 aliphatic carbocycles. The zero-order valence-electron chi connectivity index (χ0n) is 17.0. The maximum absolute atomic E-state index is 12.5. The third-order valence-electron chi connectivity index (χ3n) is 4.04.